The Morgan fingerprint density at radius 2 is 1.93 bits per heavy atom. The van der Waals surface area contributed by atoms with E-state index in [1.807, 2.05) is 24.3 Å². The van der Waals surface area contributed by atoms with E-state index in [0.717, 1.165) is 50.4 Å². The van der Waals surface area contributed by atoms with Gasteiger partial charge in [-0.25, -0.2) is 4.98 Å². The summed E-state index contributed by atoms with van der Waals surface area (Å²) in [5.74, 6) is 0.761. The van der Waals surface area contributed by atoms with Crippen LogP contribution < -0.4 is 10.9 Å². The molecule has 0 saturated carbocycles. The van der Waals surface area contributed by atoms with E-state index in [1.54, 1.807) is 0 Å². The van der Waals surface area contributed by atoms with Gasteiger partial charge in [0.2, 0.25) is 0 Å². The summed E-state index contributed by atoms with van der Waals surface area (Å²) in [6, 6.07) is 16.8. The third kappa shape index (κ3) is 4.43. The molecular formula is C22H27ClN4O. The molecule has 0 amide bonds. The van der Waals surface area contributed by atoms with Crippen LogP contribution in [0.1, 0.15) is 29.9 Å². The number of H-pyrrole nitrogens is 1. The van der Waals surface area contributed by atoms with Crippen LogP contribution in [0, 0.1) is 0 Å². The predicted molar refractivity (Wildman–Crippen MR) is 116 cm³/mol. The van der Waals surface area contributed by atoms with E-state index in [9.17, 15) is 4.79 Å². The normalized spacial score (nSPS) is 17.4. The first-order valence-electron chi connectivity index (χ1n) is 9.76. The summed E-state index contributed by atoms with van der Waals surface area (Å²) >= 11 is 0. The van der Waals surface area contributed by atoms with Crippen LogP contribution in [0.15, 0.2) is 53.3 Å². The lowest BCUT2D eigenvalue weighted by molar-refractivity contribution is 0.163. The molecule has 6 heteroatoms. The molecule has 5 nitrogen and oxygen atoms in total. The second kappa shape index (κ2) is 9.32. The summed E-state index contributed by atoms with van der Waals surface area (Å²) in [5, 5.41) is 4.16. The van der Waals surface area contributed by atoms with Crippen LogP contribution in [0.2, 0.25) is 0 Å². The molecule has 1 aliphatic rings. The molecule has 0 bridgehead atoms. The molecule has 2 N–H and O–H groups in total. The zero-order valence-corrected chi connectivity index (χ0v) is 17.0. The van der Waals surface area contributed by atoms with E-state index in [4.69, 9.17) is 0 Å². The Hall–Kier alpha value is -2.21. The number of aryl methyl sites for hydroxylation is 1. The number of aromatic amines is 1. The van der Waals surface area contributed by atoms with Crippen molar-refractivity contribution in [2.45, 2.75) is 25.8 Å². The summed E-state index contributed by atoms with van der Waals surface area (Å²) in [5.41, 5.74) is 3.43. The highest BCUT2D eigenvalue weighted by atomic mass is 35.5. The first-order valence-corrected chi connectivity index (χ1v) is 9.76. The minimum absolute atomic E-state index is 0. The molecule has 3 aromatic rings. The molecule has 1 saturated heterocycles. The van der Waals surface area contributed by atoms with Gasteiger partial charge in [-0.3, -0.25) is 9.69 Å². The molecule has 1 aromatic heterocycles. The third-order valence-electron chi connectivity index (χ3n) is 5.42. The fourth-order valence-corrected chi connectivity index (χ4v) is 3.82. The Morgan fingerprint density at radius 3 is 2.71 bits per heavy atom. The summed E-state index contributed by atoms with van der Waals surface area (Å²) in [4.78, 5) is 22.4. The Morgan fingerprint density at radius 1 is 1.14 bits per heavy atom. The van der Waals surface area contributed by atoms with Gasteiger partial charge < -0.3 is 10.3 Å². The number of halogens is 1. The number of nitrogens with zero attached hydrogens (tertiary/aromatic N) is 2. The van der Waals surface area contributed by atoms with E-state index < -0.39 is 0 Å². The van der Waals surface area contributed by atoms with Crippen molar-refractivity contribution in [3.63, 3.8) is 0 Å². The number of piperazine rings is 1. The summed E-state index contributed by atoms with van der Waals surface area (Å²) in [6.07, 6.45) is 1.80. The Labute approximate surface area is 171 Å². The minimum atomic E-state index is -0.0531. The van der Waals surface area contributed by atoms with Gasteiger partial charge >= 0.3 is 0 Å². The quantitative estimate of drug-likeness (QED) is 0.693. The predicted octanol–water partition coefficient (Wildman–Crippen LogP) is 3.10. The summed E-state index contributed by atoms with van der Waals surface area (Å²) in [7, 11) is 0. The first kappa shape index (κ1) is 20.5. The summed E-state index contributed by atoms with van der Waals surface area (Å²) < 4.78 is 0. The van der Waals surface area contributed by atoms with Crippen molar-refractivity contribution in [2.75, 3.05) is 26.2 Å². The zero-order valence-electron chi connectivity index (χ0n) is 16.1. The maximum Gasteiger partial charge on any atom is 0.258 e. The van der Waals surface area contributed by atoms with Gasteiger partial charge in [0.05, 0.1) is 10.9 Å². The maximum absolute atomic E-state index is 12.3. The molecule has 1 fully saturated rings. The smallest absolute Gasteiger partial charge is 0.258 e. The minimum Gasteiger partial charge on any atom is -0.314 e. The monoisotopic (exact) mass is 398 g/mol. The second-order valence-electron chi connectivity index (χ2n) is 7.13. The van der Waals surface area contributed by atoms with Crippen molar-refractivity contribution in [1.29, 1.82) is 0 Å². The van der Waals surface area contributed by atoms with E-state index in [0.29, 0.717) is 11.4 Å². The highest BCUT2D eigenvalue weighted by Crippen LogP contribution is 2.23. The molecule has 28 heavy (non-hydrogen) atoms. The van der Waals surface area contributed by atoms with Crippen molar-refractivity contribution in [2.24, 2.45) is 0 Å². The van der Waals surface area contributed by atoms with Gasteiger partial charge in [0, 0.05) is 38.6 Å². The number of hydrogen-bond donors (Lipinski definition) is 2. The fourth-order valence-electron chi connectivity index (χ4n) is 3.82. The molecule has 1 atom stereocenters. The molecule has 148 valence electrons. The van der Waals surface area contributed by atoms with Crippen molar-refractivity contribution >= 4 is 23.3 Å². The maximum atomic E-state index is 12.3. The van der Waals surface area contributed by atoms with Crippen LogP contribution in [0.25, 0.3) is 10.9 Å². The number of nitrogens with one attached hydrogen (secondary N) is 2. The van der Waals surface area contributed by atoms with Crippen LogP contribution in [0.5, 0.6) is 0 Å². The Kier molecular flexibility index (Phi) is 6.83. The average Bonchev–Trinajstić information content (AvgIpc) is 2.73. The highest BCUT2D eigenvalue weighted by Gasteiger charge is 2.23. The van der Waals surface area contributed by atoms with Gasteiger partial charge in [-0.1, -0.05) is 43.3 Å². The largest absolute Gasteiger partial charge is 0.314 e. The Bertz CT molecular complexity index is 970. The lowest BCUT2D eigenvalue weighted by Crippen LogP contribution is -2.46. The van der Waals surface area contributed by atoms with Gasteiger partial charge in [-0.15, -0.1) is 12.4 Å². The van der Waals surface area contributed by atoms with Crippen LogP contribution in [0.3, 0.4) is 0 Å². The molecule has 0 spiro atoms. The molecule has 0 aliphatic carbocycles. The summed E-state index contributed by atoms with van der Waals surface area (Å²) in [6.45, 7) is 6.00. The van der Waals surface area contributed by atoms with Crippen molar-refractivity contribution in [3.8, 4) is 0 Å². The molecule has 1 aliphatic heterocycles. The lowest BCUT2D eigenvalue weighted by atomic mass is 10.0. The van der Waals surface area contributed by atoms with Gasteiger partial charge in [0.1, 0.15) is 5.82 Å². The van der Waals surface area contributed by atoms with Crippen molar-refractivity contribution in [1.82, 2.24) is 20.2 Å². The first-order chi connectivity index (χ1) is 13.2. The molecule has 4 rings (SSSR count). The standard InChI is InChI=1S/C22H26N4O.ClH/c1-2-16-7-9-17(10-8-16)20-15-23-12-14-26(20)13-11-21-24-19-6-4-3-5-18(19)22(27)25-21;/h3-10,20,23H,2,11-15H2,1H3,(H,24,25,27);1H. The van der Waals surface area contributed by atoms with Crippen LogP contribution >= 0.6 is 12.4 Å². The highest BCUT2D eigenvalue weighted by molar-refractivity contribution is 5.85. The van der Waals surface area contributed by atoms with E-state index >= 15 is 0 Å². The van der Waals surface area contributed by atoms with Crippen LogP contribution in [0.4, 0.5) is 0 Å². The molecule has 1 unspecified atom stereocenters. The van der Waals surface area contributed by atoms with Gasteiger partial charge in [0.25, 0.3) is 5.56 Å². The van der Waals surface area contributed by atoms with E-state index in [2.05, 4.69) is 51.4 Å². The topological polar surface area (TPSA) is 61.0 Å². The number of para-hydroxylation sites is 1. The fraction of sp³-hybridized carbons (Fsp3) is 0.364. The van der Waals surface area contributed by atoms with Gasteiger partial charge in [-0.05, 0) is 29.7 Å². The van der Waals surface area contributed by atoms with E-state index in [1.165, 1.54) is 11.1 Å². The van der Waals surface area contributed by atoms with Gasteiger partial charge in [0.15, 0.2) is 0 Å². The number of aromatic nitrogens is 2. The number of rotatable bonds is 5. The SMILES string of the molecule is CCc1ccc(C2CNCCN2CCc2nc3ccccc3c(=O)[nH]2)cc1.Cl. The van der Waals surface area contributed by atoms with E-state index in [-0.39, 0.29) is 18.0 Å². The molecule has 2 heterocycles. The third-order valence-corrected chi connectivity index (χ3v) is 5.42. The number of fused-ring (bicyclic) bond motifs is 1. The van der Waals surface area contributed by atoms with Gasteiger partial charge in [-0.2, -0.15) is 0 Å². The Balaban J connectivity index is 0.00000225. The molecular weight excluding hydrogens is 372 g/mol. The van der Waals surface area contributed by atoms with Crippen molar-refractivity contribution in [3.05, 3.63) is 75.8 Å². The zero-order chi connectivity index (χ0) is 18.6. The van der Waals surface area contributed by atoms with Crippen LogP contribution in [-0.2, 0) is 12.8 Å². The lowest BCUT2D eigenvalue weighted by Gasteiger charge is -2.36. The van der Waals surface area contributed by atoms with Crippen LogP contribution in [-0.4, -0.2) is 41.0 Å². The average molecular weight is 399 g/mol. The van der Waals surface area contributed by atoms with Crippen molar-refractivity contribution < 1.29 is 0 Å². The second-order valence-corrected chi connectivity index (χ2v) is 7.13. The number of hydrogen-bond acceptors (Lipinski definition) is 4. The number of benzene rings is 2. The molecule has 0 radical (unpaired) electrons. The molecule has 2 aromatic carbocycles.